The van der Waals surface area contributed by atoms with Gasteiger partial charge >= 0.3 is 11.4 Å². The quantitative estimate of drug-likeness (QED) is 0.487. The van der Waals surface area contributed by atoms with Gasteiger partial charge in [0.25, 0.3) is 0 Å². The first-order valence-electron chi connectivity index (χ1n) is 4.49. The third-order valence-electron chi connectivity index (χ3n) is 2.15. The maximum atomic E-state index is 10.9. The smallest absolute Gasteiger partial charge is 0.298 e. The van der Waals surface area contributed by atoms with E-state index >= 15 is 0 Å². The molecule has 0 spiro atoms. The van der Waals surface area contributed by atoms with Gasteiger partial charge in [-0.05, 0) is 11.4 Å². The molecule has 0 aliphatic heterocycles. The highest BCUT2D eigenvalue weighted by Crippen LogP contribution is 2.45. The number of nitro groups is 2. The van der Waals surface area contributed by atoms with E-state index in [0.29, 0.717) is 16.7 Å². The van der Waals surface area contributed by atoms with Crippen LogP contribution in [-0.2, 0) is 0 Å². The van der Waals surface area contributed by atoms with E-state index in [9.17, 15) is 25.0 Å². The molecule has 0 atom stereocenters. The van der Waals surface area contributed by atoms with Gasteiger partial charge in [-0.25, -0.2) is 0 Å². The third-order valence-corrected chi connectivity index (χ3v) is 4.21. The van der Waals surface area contributed by atoms with Crippen LogP contribution in [0.5, 0.6) is 0 Å². The highest BCUT2D eigenvalue weighted by Gasteiger charge is 2.33. The second-order valence-electron chi connectivity index (χ2n) is 3.14. The minimum absolute atomic E-state index is 0.142. The first kappa shape index (κ1) is 12.3. The SMILES string of the molecule is O=Cc1ccsc1-c1scc([N+](=O)[O-])c1[N+](=O)[O-]. The van der Waals surface area contributed by atoms with Crippen LogP contribution in [0.15, 0.2) is 16.8 Å². The van der Waals surface area contributed by atoms with Crippen LogP contribution in [-0.4, -0.2) is 16.1 Å². The molecule has 0 fully saturated rings. The second-order valence-corrected chi connectivity index (χ2v) is 4.93. The normalized spacial score (nSPS) is 10.2. The maximum Gasteiger partial charge on any atom is 0.365 e. The Labute approximate surface area is 108 Å². The summed E-state index contributed by atoms with van der Waals surface area (Å²) in [7, 11) is 0. The van der Waals surface area contributed by atoms with Gasteiger partial charge in [0.1, 0.15) is 4.88 Å². The van der Waals surface area contributed by atoms with Gasteiger partial charge < -0.3 is 0 Å². The average molecular weight is 284 g/mol. The van der Waals surface area contributed by atoms with Crippen LogP contribution in [0, 0.1) is 20.2 Å². The summed E-state index contributed by atoms with van der Waals surface area (Å²) in [5, 5.41) is 24.4. The lowest BCUT2D eigenvalue weighted by atomic mass is 10.2. The summed E-state index contributed by atoms with van der Waals surface area (Å²) in [5.41, 5.74) is -0.819. The van der Waals surface area contributed by atoms with Crippen LogP contribution in [0.2, 0.25) is 0 Å². The van der Waals surface area contributed by atoms with E-state index in [1.165, 1.54) is 6.07 Å². The summed E-state index contributed by atoms with van der Waals surface area (Å²) in [5.74, 6) is 0. The van der Waals surface area contributed by atoms with Crippen molar-refractivity contribution in [1.29, 1.82) is 0 Å². The van der Waals surface area contributed by atoms with Crippen LogP contribution < -0.4 is 0 Å². The lowest BCUT2D eigenvalue weighted by molar-refractivity contribution is -0.421. The molecular formula is C9H4N2O5S2. The molecule has 0 N–H and O–H groups in total. The van der Waals surface area contributed by atoms with Crippen LogP contribution in [0.3, 0.4) is 0 Å². The summed E-state index contributed by atoms with van der Waals surface area (Å²) in [6.45, 7) is 0. The molecule has 0 saturated heterocycles. The molecule has 18 heavy (non-hydrogen) atoms. The van der Waals surface area contributed by atoms with Crippen molar-refractivity contribution in [3.05, 3.63) is 42.6 Å². The van der Waals surface area contributed by atoms with E-state index in [-0.39, 0.29) is 4.88 Å². The largest absolute Gasteiger partial charge is 0.365 e. The number of carbonyl (C=O) groups is 1. The van der Waals surface area contributed by atoms with Gasteiger partial charge in [0, 0.05) is 5.56 Å². The molecule has 2 rings (SSSR count). The summed E-state index contributed by atoms with van der Waals surface area (Å²) in [6, 6.07) is 1.52. The Kier molecular flexibility index (Phi) is 3.17. The molecule has 0 saturated carbocycles. The first-order chi connectivity index (χ1) is 8.56. The maximum absolute atomic E-state index is 10.9. The summed E-state index contributed by atoms with van der Waals surface area (Å²) in [6.07, 6.45) is 0.571. The highest BCUT2D eigenvalue weighted by atomic mass is 32.1. The van der Waals surface area contributed by atoms with Crippen molar-refractivity contribution >= 4 is 40.3 Å². The van der Waals surface area contributed by atoms with Crippen molar-refractivity contribution in [3.63, 3.8) is 0 Å². The fraction of sp³-hybridized carbons (Fsp3) is 0. The lowest BCUT2D eigenvalue weighted by Crippen LogP contribution is -1.94. The van der Waals surface area contributed by atoms with Gasteiger partial charge in [-0.1, -0.05) is 0 Å². The van der Waals surface area contributed by atoms with Crippen molar-refractivity contribution in [2.45, 2.75) is 0 Å². The van der Waals surface area contributed by atoms with E-state index < -0.39 is 21.2 Å². The molecule has 0 aliphatic carbocycles. The van der Waals surface area contributed by atoms with Crippen molar-refractivity contribution < 1.29 is 14.6 Å². The molecule has 92 valence electrons. The fourth-order valence-electron chi connectivity index (χ4n) is 1.41. The molecule has 0 aliphatic rings. The lowest BCUT2D eigenvalue weighted by Gasteiger charge is -1.94. The van der Waals surface area contributed by atoms with Crippen LogP contribution in [0.1, 0.15) is 10.4 Å². The van der Waals surface area contributed by atoms with Crippen molar-refractivity contribution in [1.82, 2.24) is 0 Å². The van der Waals surface area contributed by atoms with Gasteiger partial charge in [-0.3, -0.25) is 25.0 Å². The Morgan fingerprint density at radius 1 is 1.11 bits per heavy atom. The molecular weight excluding hydrogens is 280 g/mol. The Morgan fingerprint density at radius 3 is 2.39 bits per heavy atom. The van der Waals surface area contributed by atoms with E-state index in [1.807, 2.05) is 0 Å². The Morgan fingerprint density at radius 2 is 1.83 bits per heavy atom. The molecule has 9 heteroatoms. The standard InChI is InChI=1S/C9H4N2O5S2/c12-3-5-1-2-17-8(5)9-7(11(15)16)6(4-18-9)10(13)14/h1-4H. The van der Waals surface area contributed by atoms with Crippen molar-refractivity contribution in [2.24, 2.45) is 0 Å². The van der Waals surface area contributed by atoms with E-state index in [0.717, 1.165) is 28.1 Å². The minimum atomic E-state index is -0.799. The molecule has 0 amide bonds. The zero-order valence-electron chi connectivity index (χ0n) is 8.56. The summed E-state index contributed by atoms with van der Waals surface area (Å²) in [4.78, 5) is 31.4. The zero-order valence-corrected chi connectivity index (χ0v) is 10.2. The molecule has 2 aromatic heterocycles. The molecule has 0 aromatic carbocycles. The molecule has 0 unspecified atom stereocenters. The number of carbonyl (C=O) groups excluding carboxylic acids is 1. The molecule has 0 bridgehead atoms. The number of hydrogen-bond donors (Lipinski definition) is 0. The number of aldehydes is 1. The van der Waals surface area contributed by atoms with Gasteiger partial charge in [-0.2, -0.15) is 0 Å². The molecule has 7 nitrogen and oxygen atoms in total. The molecule has 0 radical (unpaired) electrons. The number of nitrogens with zero attached hydrogens (tertiary/aromatic N) is 2. The van der Waals surface area contributed by atoms with Crippen LogP contribution in [0.4, 0.5) is 11.4 Å². The van der Waals surface area contributed by atoms with Crippen molar-refractivity contribution in [3.8, 4) is 9.75 Å². The topological polar surface area (TPSA) is 103 Å². The predicted octanol–water partition coefficient (Wildman–Crippen LogP) is 3.11. The van der Waals surface area contributed by atoms with Gasteiger partial charge in [0.05, 0.1) is 20.1 Å². The van der Waals surface area contributed by atoms with E-state index in [4.69, 9.17) is 0 Å². The number of rotatable bonds is 4. The van der Waals surface area contributed by atoms with Crippen LogP contribution in [0.25, 0.3) is 9.75 Å². The summed E-state index contributed by atoms with van der Waals surface area (Å²) < 4.78 is 0. The zero-order chi connectivity index (χ0) is 13.3. The van der Waals surface area contributed by atoms with Crippen LogP contribution >= 0.6 is 22.7 Å². The highest BCUT2D eigenvalue weighted by molar-refractivity contribution is 7.21. The first-order valence-corrected chi connectivity index (χ1v) is 6.25. The Hall–Kier alpha value is -2.13. The second kappa shape index (κ2) is 4.63. The Bertz CT molecular complexity index is 645. The van der Waals surface area contributed by atoms with E-state index in [1.54, 1.807) is 5.38 Å². The fourth-order valence-corrected chi connectivity index (χ4v) is 3.44. The molecule has 2 aromatic rings. The van der Waals surface area contributed by atoms with Gasteiger partial charge in [-0.15, -0.1) is 22.7 Å². The third kappa shape index (κ3) is 1.89. The van der Waals surface area contributed by atoms with Gasteiger partial charge in [0.2, 0.25) is 0 Å². The number of hydrogen-bond acceptors (Lipinski definition) is 7. The van der Waals surface area contributed by atoms with Crippen molar-refractivity contribution in [2.75, 3.05) is 0 Å². The van der Waals surface area contributed by atoms with Gasteiger partial charge in [0.15, 0.2) is 6.29 Å². The predicted molar refractivity (Wildman–Crippen MR) is 66.3 cm³/mol. The van der Waals surface area contributed by atoms with E-state index in [2.05, 4.69) is 0 Å². The average Bonchev–Trinajstić information content (AvgIpc) is 2.94. The Balaban J connectivity index is 2.69. The monoisotopic (exact) mass is 284 g/mol. The molecule has 2 heterocycles. The summed E-state index contributed by atoms with van der Waals surface area (Å²) >= 11 is 2.02. The number of thiophene rings is 2. The minimum Gasteiger partial charge on any atom is -0.298 e.